The lowest BCUT2D eigenvalue weighted by atomic mass is 10.1. The van der Waals surface area contributed by atoms with Gasteiger partial charge in [0, 0.05) is 6.42 Å². The molecule has 94 valence electrons. The molecule has 0 aromatic rings. The van der Waals surface area contributed by atoms with E-state index in [0.29, 0.717) is 13.0 Å². The highest BCUT2D eigenvalue weighted by molar-refractivity contribution is 5.68. The van der Waals surface area contributed by atoms with Crippen LogP contribution in [0.5, 0.6) is 0 Å². The van der Waals surface area contributed by atoms with Crippen LogP contribution in [0.3, 0.4) is 0 Å². The summed E-state index contributed by atoms with van der Waals surface area (Å²) in [4.78, 5) is 10.8. The summed E-state index contributed by atoms with van der Waals surface area (Å²) in [6.45, 7) is 4.05. The van der Waals surface area contributed by atoms with Crippen molar-refractivity contribution >= 4 is 5.97 Å². The Morgan fingerprint density at radius 1 is 1.44 bits per heavy atom. The fraction of sp³-hybridized carbons (Fsp3) is 0.750. The Labute approximate surface area is 97.2 Å². The minimum atomic E-state index is -0.165. The maximum Gasteiger partial charge on any atom is 0.305 e. The Bertz CT molecular complexity index is 191. The van der Waals surface area contributed by atoms with Crippen LogP contribution < -0.4 is 0 Å². The van der Waals surface area contributed by atoms with Crippen molar-refractivity contribution in [2.45, 2.75) is 38.2 Å². The second-order valence-electron chi connectivity index (χ2n) is 3.60. The van der Waals surface area contributed by atoms with E-state index < -0.39 is 0 Å². The molecule has 1 N–H and O–H groups in total. The first-order valence-corrected chi connectivity index (χ1v) is 5.64. The zero-order chi connectivity index (χ0) is 12.2. The summed E-state index contributed by atoms with van der Waals surface area (Å²) in [5.74, 6) is -0.165. The van der Waals surface area contributed by atoms with Crippen molar-refractivity contribution in [2.75, 3.05) is 20.3 Å². The lowest BCUT2D eigenvalue weighted by molar-refractivity contribution is -0.140. The summed E-state index contributed by atoms with van der Waals surface area (Å²) in [7, 11) is 1.40. The van der Waals surface area contributed by atoms with Gasteiger partial charge in [-0.1, -0.05) is 18.9 Å². The van der Waals surface area contributed by atoms with Gasteiger partial charge in [0.05, 0.1) is 26.4 Å². The minimum absolute atomic E-state index is 0.0326. The lowest BCUT2D eigenvalue weighted by Gasteiger charge is -2.13. The summed E-state index contributed by atoms with van der Waals surface area (Å²) in [5.41, 5.74) is 0. The maximum atomic E-state index is 10.8. The van der Waals surface area contributed by atoms with Crippen molar-refractivity contribution in [3.05, 3.63) is 12.7 Å². The average Bonchev–Trinajstić information content (AvgIpc) is 2.32. The SMILES string of the molecule is C=CCO[C@H](CO)CCCCCC(=O)OC. The molecule has 0 unspecified atom stereocenters. The standard InChI is InChI=1S/C12H22O4/c1-3-9-16-11(10-13)7-5-4-6-8-12(14)15-2/h3,11,13H,1,4-10H2,2H3/t11-/m0/s1. The molecule has 0 bridgehead atoms. The van der Waals surface area contributed by atoms with Crippen LogP contribution in [-0.2, 0) is 14.3 Å². The van der Waals surface area contributed by atoms with Crippen LogP contribution in [0, 0.1) is 0 Å². The number of hydrogen-bond donors (Lipinski definition) is 1. The molecule has 0 aliphatic carbocycles. The molecule has 0 rings (SSSR count). The van der Waals surface area contributed by atoms with Crippen molar-refractivity contribution in [2.24, 2.45) is 0 Å². The molecule has 0 heterocycles. The number of carbonyl (C=O) groups excluding carboxylic acids is 1. The molecule has 0 radical (unpaired) electrons. The number of esters is 1. The van der Waals surface area contributed by atoms with Gasteiger partial charge in [0.1, 0.15) is 0 Å². The second-order valence-corrected chi connectivity index (χ2v) is 3.60. The first kappa shape index (κ1) is 15.1. The largest absolute Gasteiger partial charge is 0.469 e. The molecule has 0 aromatic heterocycles. The summed E-state index contributed by atoms with van der Waals surface area (Å²) in [6, 6.07) is 0. The average molecular weight is 230 g/mol. The van der Waals surface area contributed by atoms with Crippen LogP contribution in [0.1, 0.15) is 32.1 Å². The smallest absolute Gasteiger partial charge is 0.305 e. The third-order valence-electron chi connectivity index (χ3n) is 2.29. The third-order valence-corrected chi connectivity index (χ3v) is 2.29. The fourth-order valence-electron chi connectivity index (χ4n) is 1.35. The van der Waals surface area contributed by atoms with Crippen molar-refractivity contribution in [1.29, 1.82) is 0 Å². The van der Waals surface area contributed by atoms with Gasteiger partial charge in [-0.25, -0.2) is 0 Å². The first-order chi connectivity index (χ1) is 7.74. The molecule has 0 saturated heterocycles. The normalized spacial score (nSPS) is 12.1. The Morgan fingerprint density at radius 3 is 2.75 bits per heavy atom. The highest BCUT2D eigenvalue weighted by Crippen LogP contribution is 2.08. The van der Waals surface area contributed by atoms with Crippen LogP contribution in [0.2, 0.25) is 0 Å². The van der Waals surface area contributed by atoms with Gasteiger partial charge in [0.2, 0.25) is 0 Å². The van der Waals surface area contributed by atoms with Gasteiger partial charge in [0.25, 0.3) is 0 Å². The van der Waals surface area contributed by atoms with E-state index in [-0.39, 0.29) is 18.7 Å². The third kappa shape index (κ3) is 8.44. The van der Waals surface area contributed by atoms with Crippen molar-refractivity contribution in [3.8, 4) is 0 Å². The molecule has 4 nitrogen and oxygen atoms in total. The van der Waals surface area contributed by atoms with E-state index in [1.54, 1.807) is 6.08 Å². The quantitative estimate of drug-likeness (QED) is 0.352. The molecule has 0 fully saturated rings. The number of ether oxygens (including phenoxy) is 2. The highest BCUT2D eigenvalue weighted by atomic mass is 16.5. The Kier molecular flexibility index (Phi) is 10.1. The molecule has 0 spiro atoms. The number of carbonyl (C=O) groups is 1. The predicted molar refractivity (Wildman–Crippen MR) is 62.1 cm³/mol. The molecule has 16 heavy (non-hydrogen) atoms. The number of hydrogen-bond acceptors (Lipinski definition) is 4. The topological polar surface area (TPSA) is 55.8 Å². The van der Waals surface area contributed by atoms with E-state index in [2.05, 4.69) is 11.3 Å². The predicted octanol–water partition coefficient (Wildman–Crippen LogP) is 1.67. The summed E-state index contributed by atoms with van der Waals surface area (Å²) in [6.07, 6.45) is 5.55. The number of aliphatic hydroxyl groups is 1. The summed E-state index contributed by atoms with van der Waals surface area (Å²) < 4.78 is 9.87. The first-order valence-electron chi connectivity index (χ1n) is 5.64. The van der Waals surface area contributed by atoms with Gasteiger partial charge < -0.3 is 14.6 Å². The number of methoxy groups -OCH3 is 1. The molecular formula is C12H22O4. The van der Waals surface area contributed by atoms with E-state index in [1.165, 1.54) is 7.11 Å². The van der Waals surface area contributed by atoms with Gasteiger partial charge >= 0.3 is 5.97 Å². The molecule has 0 aromatic carbocycles. The monoisotopic (exact) mass is 230 g/mol. The van der Waals surface area contributed by atoms with E-state index >= 15 is 0 Å². The molecule has 0 aliphatic rings. The molecule has 1 atom stereocenters. The van der Waals surface area contributed by atoms with E-state index in [9.17, 15) is 4.79 Å². The molecular weight excluding hydrogens is 208 g/mol. The molecule has 0 aliphatic heterocycles. The van der Waals surface area contributed by atoms with Gasteiger partial charge in [-0.05, 0) is 12.8 Å². The zero-order valence-electron chi connectivity index (χ0n) is 9.98. The highest BCUT2D eigenvalue weighted by Gasteiger charge is 2.06. The summed E-state index contributed by atoms with van der Waals surface area (Å²) >= 11 is 0. The van der Waals surface area contributed by atoms with Gasteiger partial charge in [0.15, 0.2) is 0 Å². The fourth-order valence-corrected chi connectivity index (χ4v) is 1.35. The van der Waals surface area contributed by atoms with E-state index in [0.717, 1.165) is 25.7 Å². The van der Waals surface area contributed by atoms with Crippen LogP contribution in [-0.4, -0.2) is 37.5 Å². The number of rotatable bonds is 10. The molecule has 0 saturated carbocycles. The molecule has 4 heteroatoms. The number of aliphatic hydroxyl groups excluding tert-OH is 1. The Balaban J connectivity index is 3.40. The van der Waals surface area contributed by atoms with Crippen molar-refractivity contribution in [3.63, 3.8) is 0 Å². The maximum absolute atomic E-state index is 10.8. The van der Waals surface area contributed by atoms with Gasteiger partial charge in [-0.15, -0.1) is 6.58 Å². The van der Waals surface area contributed by atoms with Gasteiger partial charge in [-0.2, -0.15) is 0 Å². The minimum Gasteiger partial charge on any atom is -0.469 e. The zero-order valence-corrected chi connectivity index (χ0v) is 9.98. The Hall–Kier alpha value is -0.870. The van der Waals surface area contributed by atoms with E-state index in [4.69, 9.17) is 9.84 Å². The van der Waals surface area contributed by atoms with Crippen LogP contribution in [0.15, 0.2) is 12.7 Å². The second kappa shape index (κ2) is 10.6. The number of unbranched alkanes of at least 4 members (excludes halogenated alkanes) is 2. The van der Waals surface area contributed by atoms with Crippen LogP contribution in [0.4, 0.5) is 0 Å². The van der Waals surface area contributed by atoms with Gasteiger partial charge in [-0.3, -0.25) is 4.79 Å². The summed E-state index contributed by atoms with van der Waals surface area (Å²) in [5, 5.41) is 9.00. The van der Waals surface area contributed by atoms with Crippen LogP contribution >= 0.6 is 0 Å². The van der Waals surface area contributed by atoms with Crippen LogP contribution in [0.25, 0.3) is 0 Å². The van der Waals surface area contributed by atoms with Crippen molar-refractivity contribution in [1.82, 2.24) is 0 Å². The van der Waals surface area contributed by atoms with Crippen molar-refractivity contribution < 1.29 is 19.4 Å². The Morgan fingerprint density at radius 2 is 2.19 bits per heavy atom. The van der Waals surface area contributed by atoms with E-state index in [1.807, 2.05) is 0 Å². The molecule has 0 amide bonds. The lowest BCUT2D eigenvalue weighted by Crippen LogP contribution is -2.17.